The predicted octanol–water partition coefficient (Wildman–Crippen LogP) is 1.75. The van der Waals surface area contributed by atoms with Crippen molar-refractivity contribution in [2.45, 2.75) is 19.8 Å². The van der Waals surface area contributed by atoms with Crippen LogP contribution >= 0.6 is 0 Å². The summed E-state index contributed by atoms with van der Waals surface area (Å²) in [4.78, 5) is 2.31. The molecule has 1 heterocycles. The van der Waals surface area contributed by atoms with Crippen molar-refractivity contribution in [2.75, 3.05) is 33.2 Å². The Labute approximate surface area is 92.5 Å². The third kappa shape index (κ3) is 5.60. The number of aryl methyl sites for hydroxylation is 1. The summed E-state index contributed by atoms with van der Waals surface area (Å²) in [6, 6.07) is 3.98. The van der Waals surface area contributed by atoms with Crippen molar-refractivity contribution < 1.29 is 4.42 Å². The predicted molar refractivity (Wildman–Crippen MR) is 63.1 cm³/mol. The fraction of sp³-hybridized carbons (Fsp3) is 0.667. The second-order valence-electron chi connectivity index (χ2n) is 3.83. The minimum absolute atomic E-state index is 1.03. The molecule has 0 aromatic carbocycles. The lowest BCUT2D eigenvalue weighted by atomic mass is 10.2. The van der Waals surface area contributed by atoms with E-state index < -0.39 is 0 Å². The minimum Gasteiger partial charge on any atom is -0.469 e. The van der Waals surface area contributed by atoms with Crippen molar-refractivity contribution in [1.82, 2.24) is 10.2 Å². The Bertz CT molecular complexity index is 234. The first kappa shape index (κ1) is 12.3. The van der Waals surface area contributed by atoms with Crippen LogP contribution in [0.15, 0.2) is 22.8 Å². The van der Waals surface area contributed by atoms with Crippen LogP contribution in [-0.4, -0.2) is 38.1 Å². The average Bonchev–Trinajstić information content (AvgIpc) is 2.75. The molecule has 3 nitrogen and oxygen atoms in total. The Kier molecular flexibility index (Phi) is 6.12. The molecule has 0 amide bonds. The van der Waals surface area contributed by atoms with E-state index in [1.807, 2.05) is 12.1 Å². The Morgan fingerprint density at radius 3 is 2.93 bits per heavy atom. The molecule has 0 atom stereocenters. The second kappa shape index (κ2) is 7.49. The monoisotopic (exact) mass is 210 g/mol. The van der Waals surface area contributed by atoms with Crippen LogP contribution in [0.3, 0.4) is 0 Å². The number of likely N-dealkylation sites (N-methyl/N-ethyl adjacent to an activating group) is 1. The number of furan rings is 1. The number of rotatable bonds is 8. The van der Waals surface area contributed by atoms with Gasteiger partial charge in [-0.2, -0.15) is 0 Å². The van der Waals surface area contributed by atoms with Gasteiger partial charge in [0.1, 0.15) is 5.76 Å². The Hall–Kier alpha value is -0.800. The van der Waals surface area contributed by atoms with E-state index in [1.165, 1.54) is 0 Å². The van der Waals surface area contributed by atoms with Crippen LogP contribution in [0.2, 0.25) is 0 Å². The molecular weight excluding hydrogens is 188 g/mol. The fourth-order valence-electron chi connectivity index (χ4n) is 1.40. The van der Waals surface area contributed by atoms with E-state index in [0.717, 1.165) is 44.8 Å². The highest BCUT2D eigenvalue weighted by Crippen LogP contribution is 2.02. The maximum absolute atomic E-state index is 5.26. The molecule has 0 spiro atoms. The number of hydrogen-bond acceptors (Lipinski definition) is 3. The van der Waals surface area contributed by atoms with Crippen LogP contribution in [0.5, 0.6) is 0 Å². The molecule has 1 N–H and O–H groups in total. The molecule has 3 heteroatoms. The summed E-state index contributed by atoms with van der Waals surface area (Å²) >= 11 is 0. The van der Waals surface area contributed by atoms with Crippen molar-refractivity contribution >= 4 is 0 Å². The quantitative estimate of drug-likeness (QED) is 0.663. The van der Waals surface area contributed by atoms with E-state index in [-0.39, 0.29) is 0 Å². The molecule has 1 aromatic heterocycles. The van der Waals surface area contributed by atoms with Gasteiger partial charge in [0, 0.05) is 19.5 Å². The van der Waals surface area contributed by atoms with Crippen molar-refractivity contribution in [3.8, 4) is 0 Å². The standard InChI is InChI=1S/C12H22N2O/c1-3-14(2)10-9-13-8-4-6-12-7-5-11-15-12/h5,7,11,13H,3-4,6,8-10H2,1-2H3. The van der Waals surface area contributed by atoms with Gasteiger partial charge in [0.15, 0.2) is 0 Å². The lowest BCUT2D eigenvalue weighted by Gasteiger charge is -2.13. The van der Waals surface area contributed by atoms with Crippen LogP contribution in [0.25, 0.3) is 0 Å². The molecule has 15 heavy (non-hydrogen) atoms. The summed E-state index contributed by atoms with van der Waals surface area (Å²) in [6.07, 6.45) is 3.91. The SMILES string of the molecule is CCN(C)CCNCCCc1ccco1. The summed E-state index contributed by atoms with van der Waals surface area (Å²) in [5.74, 6) is 1.09. The van der Waals surface area contributed by atoms with Gasteiger partial charge in [0.05, 0.1) is 6.26 Å². The summed E-state index contributed by atoms with van der Waals surface area (Å²) in [5.41, 5.74) is 0. The molecule has 86 valence electrons. The summed E-state index contributed by atoms with van der Waals surface area (Å²) in [5, 5.41) is 3.43. The minimum atomic E-state index is 1.03. The highest BCUT2D eigenvalue weighted by molar-refractivity contribution is 4.97. The zero-order chi connectivity index (χ0) is 10.9. The van der Waals surface area contributed by atoms with Gasteiger partial charge in [0.2, 0.25) is 0 Å². The Morgan fingerprint density at radius 1 is 1.40 bits per heavy atom. The van der Waals surface area contributed by atoms with E-state index in [9.17, 15) is 0 Å². The average molecular weight is 210 g/mol. The molecule has 0 bridgehead atoms. The van der Waals surface area contributed by atoms with Crippen molar-refractivity contribution in [1.29, 1.82) is 0 Å². The van der Waals surface area contributed by atoms with Crippen LogP contribution in [0.4, 0.5) is 0 Å². The van der Waals surface area contributed by atoms with Crippen LogP contribution in [-0.2, 0) is 6.42 Å². The molecule has 0 unspecified atom stereocenters. The molecule has 0 saturated heterocycles. The van der Waals surface area contributed by atoms with Gasteiger partial charge in [-0.25, -0.2) is 0 Å². The van der Waals surface area contributed by atoms with Crippen molar-refractivity contribution in [3.05, 3.63) is 24.2 Å². The largest absolute Gasteiger partial charge is 0.469 e. The zero-order valence-corrected chi connectivity index (χ0v) is 9.83. The maximum atomic E-state index is 5.26. The topological polar surface area (TPSA) is 28.4 Å². The lowest BCUT2D eigenvalue weighted by Crippen LogP contribution is -2.29. The van der Waals surface area contributed by atoms with E-state index in [4.69, 9.17) is 4.42 Å². The van der Waals surface area contributed by atoms with Gasteiger partial charge in [-0.3, -0.25) is 0 Å². The molecule has 1 aromatic rings. The molecule has 0 aliphatic carbocycles. The maximum Gasteiger partial charge on any atom is 0.103 e. The van der Waals surface area contributed by atoms with E-state index >= 15 is 0 Å². The van der Waals surface area contributed by atoms with Gasteiger partial charge < -0.3 is 14.6 Å². The van der Waals surface area contributed by atoms with Crippen LogP contribution in [0.1, 0.15) is 19.1 Å². The smallest absolute Gasteiger partial charge is 0.103 e. The van der Waals surface area contributed by atoms with Crippen LogP contribution < -0.4 is 5.32 Å². The molecule has 0 aliphatic heterocycles. The highest BCUT2D eigenvalue weighted by atomic mass is 16.3. The first-order valence-corrected chi connectivity index (χ1v) is 5.74. The summed E-state index contributed by atoms with van der Waals surface area (Å²) < 4.78 is 5.26. The van der Waals surface area contributed by atoms with Crippen LogP contribution in [0, 0.1) is 0 Å². The zero-order valence-electron chi connectivity index (χ0n) is 9.83. The molecule has 0 aliphatic rings. The first-order valence-electron chi connectivity index (χ1n) is 5.74. The molecular formula is C12H22N2O. The molecule has 0 saturated carbocycles. The van der Waals surface area contributed by atoms with Gasteiger partial charge in [0.25, 0.3) is 0 Å². The highest BCUT2D eigenvalue weighted by Gasteiger charge is 1.96. The summed E-state index contributed by atoms with van der Waals surface area (Å²) in [7, 11) is 2.14. The normalized spacial score (nSPS) is 11.1. The molecule has 0 fully saturated rings. The third-order valence-electron chi connectivity index (χ3n) is 2.57. The van der Waals surface area contributed by atoms with E-state index in [1.54, 1.807) is 6.26 Å². The fourth-order valence-corrected chi connectivity index (χ4v) is 1.40. The first-order chi connectivity index (χ1) is 7.33. The molecule has 1 rings (SSSR count). The number of nitrogens with one attached hydrogen (secondary N) is 1. The van der Waals surface area contributed by atoms with E-state index in [2.05, 4.69) is 24.2 Å². The Morgan fingerprint density at radius 2 is 2.27 bits per heavy atom. The van der Waals surface area contributed by atoms with Crippen molar-refractivity contribution in [2.24, 2.45) is 0 Å². The number of hydrogen-bond donors (Lipinski definition) is 1. The van der Waals surface area contributed by atoms with Gasteiger partial charge in [-0.05, 0) is 38.7 Å². The van der Waals surface area contributed by atoms with Gasteiger partial charge in [-0.1, -0.05) is 6.92 Å². The second-order valence-corrected chi connectivity index (χ2v) is 3.83. The van der Waals surface area contributed by atoms with Crippen molar-refractivity contribution in [3.63, 3.8) is 0 Å². The third-order valence-corrected chi connectivity index (χ3v) is 2.57. The summed E-state index contributed by atoms with van der Waals surface area (Å²) in [6.45, 7) is 6.56. The number of nitrogens with zero attached hydrogens (tertiary/aromatic N) is 1. The molecule has 0 radical (unpaired) electrons. The van der Waals surface area contributed by atoms with Gasteiger partial charge in [-0.15, -0.1) is 0 Å². The lowest BCUT2D eigenvalue weighted by molar-refractivity contribution is 0.348. The van der Waals surface area contributed by atoms with Gasteiger partial charge >= 0.3 is 0 Å². The van der Waals surface area contributed by atoms with E-state index in [0.29, 0.717) is 0 Å². The Balaban J connectivity index is 1.89.